The Balaban J connectivity index is 1.99. The van der Waals surface area contributed by atoms with Crippen molar-refractivity contribution in [1.82, 2.24) is 9.55 Å². The highest BCUT2D eigenvalue weighted by atomic mass is 16.5. The SMILES string of the molecule is Cn1ccnc1C1CCC(CCN)O1. The van der Waals surface area contributed by atoms with Crippen LogP contribution in [0, 0.1) is 0 Å². The molecule has 1 aliphatic heterocycles. The quantitative estimate of drug-likeness (QED) is 0.782. The first-order chi connectivity index (χ1) is 6.81. The Morgan fingerprint density at radius 1 is 1.64 bits per heavy atom. The van der Waals surface area contributed by atoms with E-state index in [1.54, 1.807) is 0 Å². The number of hydrogen-bond donors (Lipinski definition) is 1. The lowest BCUT2D eigenvalue weighted by Gasteiger charge is -2.12. The molecule has 0 bridgehead atoms. The van der Waals surface area contributed by atoms with Gasteiger partial charge >= 0.3 is 0 Å². The molecule has 4 nitrogen and oxygen atoms in total. The van der Waals surface area contributed by atoms with Crippen LogP contribution in [0.25, 0.3) is 0 Å². The molecule has 0 spiro atoms. The molecule has 0 amide bonds. The van der Waals surface area contributed by atoms with Gasteiger partial charge in [0.1, 0.15) is 11.9 Å². The zero-order valence-corrected chi connectivity index (χ0v) is 8.52. The fourth-order valence-electron chi connectivity index (χ4n) is 1.98. The number of imidazole rings is 1. The van der Waals surface area contributed by atoms with Crippen molar-refractivity contribution < 1.29 is 4.74 Å². The second-order valence-corrected chi connectivity index (χ2v) is 3.80. The number of nitrogens with zero attached hydrogens (tertiary/aromatic N) is 2. The van der Waals surface area contributed by atoms with Crippen molar-refractivity contribution in [3.8, 4) is 0 Å². The Kier molecular flexibility index (Phi) is 2.84. The van der Waals surface area contributed by atoms with Crippen molar-refractivity contribution in [3.05, 3.63) is 18.2 Å². The average molecular weight is 195 g/mol. The van der Waals surface area contributed by atoms with Crippen molar-refractivity contribution in [2.75, 3.05) is 6.54 Å². The number of nitrogens with two attached hydrogens (primary N) is 1. The summed E-state index contributed by atoms with van der Waals surface area (Å²) in [6.45, 7) is 0.706. The van der Waals surface area contributed by atoms with E-state index in [9.17, 15) is 0 Å². The van der Waals surface area contributed by atoms with Gasteiger partial charge in [-0.3, -0.25) is 0 Å². The number of aryl methyl sites for hydroxylation is 1. The average Bonchev–Trinajstić information content (AvgIpc) is 2.74. The van der Waals surface area contributed by atoms with Gasteiger partial charge in [0.05, 0.1) is 6.10 Å². The van der Waals surface area contributed by atoms with E-state index in [0.717, 1.165) is 25.1 Å². The third kappa shape index (κ3) is 1.81. The van der Waals surface area contributed by atoms with Crippen LogP contribution in [-0.4, -0.2) is 22.2 Å². The molecule has 4 heteroatoms. The van der Waals surface area contributed by atoms with E-state index in [-0.39, 0.29) is 6.10 Å². The maximum Gasteiger partial charge on any atom is 0.137 e. The fourth-order valence-corrected chi connectivity index (χ4v) is 1.98. The van der Waals surface area contributed by atoms with Gasteiger partial charge in [0.15, 0.2) is 0 Å². The predicted octanol–water partition coefficient (Wildman–Crippen LogP) is 0.989. The monoisotopic (exact) mass is 195 g/mol. The maximum absolute atomic E-state index is 5.86. The Morgan fingerprint density at radius 3 is 3.14 bits per heavy atom. The van der Waals surface area contributed by atoms with Crippen LogP contribution < -0.4 is 5.73 Å². The van der Waals surface area contributed by atoms with Crippen LogP contribution in [0.15, 0.2) is 12.4 Å². The highest BCUT2D eigenvalue weighted by Gasteiger charge is 2.28. The largest absolute Gasteiger partial charge is 0.367 e. The summed E-state index contributed by atoms with van der Waals surface area (Å²) in [6, 6.07) is 0. The fraction of sp³-hybridized carbons (Fsp3) is 0.700. The van der Waals surface area contributed by atoms with Crippen LogP contribution in [0.5, 0.6) is 0 Å². The minimum absolute atomic E-state index is 0.173. The van der Waals surface area contributed by atoms with Crippen LogP contribution in [0.4, 0.5) is 0 Å². The molecular formula is C10H17N3O. The molecule has 0 aromatic carbocycles. The first kappa shape index (κ1) is 9.68. The van der Waals surface area contributed by atoms with Gasteiger partial charge in [0.25, 0.3) is 0 Å². The highest BCUT2D eigenvalue weighted by Crippen LogP contribution is 2.32. The number of hydrogen-bond acceptors (Lipinski definition) is 3. The van der Waals surface area contributed by atoms with Gasteiger partial charge in [-0.25, -0.2) is 4.98 Å². The Morgan fingerprint density at radius 2 is 2.50 bits per heavy atom. The summed E-state index contributed by atoms with van der Waals surface area (Å²) in [4.78, 5) is 4.30. The standard InChI is InChI=1S/C10H17N3O/c1-13-7-6-12-10(13)9-3-2-8(14-9)4-5-11/h6-9H,2-5,11H2,1H3. The molecule has 1 aromatic rings. The highest BCUT2D eigenvalue weighted by molar-refractivity contribution is 4.98. The lowest BCUT2D eigenvalue weighted by molar-refractivity contribution is 0.0352. The van der Waals surface area contributed by atoms with Gasteiger partial charge in [-0.15, -0.1) is 0 Å². The lowest BCUT2D eigenvalue weighted by atomic mass is 10.1. The summed E-state index contributed by atoms with van der Waals surface area (Å²) < 4.78 is 7.89. The normalized spacial score (nSPS) is 27.0. The Hall–Kier alpha value is -0.870. The van der Waals surface area contributed by atoms with Crippen molar-refractivity contribution in [2.24, 2.45) is 12.8 Å². The van der Waals surface area contributed by atoms with Gasteiger partial charge in [-0.05, 0) is 25.8 Å². The summed E-state index contributed by atoms with van der Waals surface area (Å²) in [7, 11) is 2.00. The van der Waals surface area contributed by atoms with E-state index in [4.69, 9.17) is 10.5 Å². The molecule has 2 N–H and O–H groups in total. The molecular weight excluding hydrogens is 178 g/mol. The molecule has 2 rings (SSSR count). The van der Waals surface area contributed by atoms with Crippen LogP contribution >= 0.6 is 0 Å². The van der Waals surface area contributed by atoms with Crippen LogP contribution in [0.3, 0.4) is 0 Å². The van der Waals surface area contributed by atoms with E-state index in [1.165, 1.54) is 0 Å². The second-order valence-electron chi connectivity index (χ2n) is 3.80. The van der Waals surface area contributed by atoms with E-state index in [0.29, 0.717) is 12.6 Å². The minimum Gasteiger partial charge on any atom is -0.367 e. The molecule has 1 aromatic heterocycles. The van der Waals surface area contributed by atoms with Crippen LogP contribution in [0.1, 0.15) is 31.2 Å². The second kappa shape index (κ2) is 4.11. The van der Waals surface area contributed by atoms with E-state index in [1.807, 2.05) is 24.0 Å². The summed E-state index contributed by atoms with van der Waals surface area (Å²) in [5.74, 6) is 1.03. The van der Waals surface area contributed by atoms with Crippen LogP contribution in [0.2, 0.25) is 0 Å². The molecule has 14 heavy (non-hydrogen) atoms. The topological polar surface area (TPSA) is 53.1 Å². The summed E-state index contributed by atoms with van der Waals surface area (Å²) >= 11 is 0. The molecule has 0 saturated carbocycles. The predicted molar refractivity (Wildman–Crippen MR) is 53.7 cm³/mol. The van der Waals surface area contributed by atoms with Crippen molar-refractivity contribution in [2.45, 2.75) is 31.5 Å². The van der Waals surface area contributed by atoms with Gasteiger partial charge in [0.2, 0.25) is 0 Å². The van der Waals surface area contributed by atoms with Crippen molar-refractivity contribution in [1.29, 1.82) is 0 Å². The molecule has 78 valence electrons. The van der Waals surface area contributed by atoms with Crippen LogP contribution in [-0.2, 0) is 11.8 Å². The Bertz CT molecular complexity index is 297. The number of rotatable bonds is 3. The maximum atomic E-state index is 5.86. The molecule has 1 saturated heterocycles. The first-order valence-corrected chi connectivity index (χ1v) is 5.14. The molecule has 2 heterocycles. The molecule has 1 aliphatic rings. The molecule has 2 unspecified atom stereocenters. The van der Waals surface area contributed by atoms with Gasteiger partial charge < -0.3 is 15.0 Å². The summed E-state index contributed by atoms with van der Waals surface area (Å²) in [5.41, 5.74) is 5.50. The lowest BCUT2D eigenvalue weighted by Crippen LogP contribution is -2.13. The van der Waals surface area contributed by atoms with E-state index < -0.39 is 0 Å². The van der Waals surface area contributed by atoms with Crippen molar-refractivity contribution >= 4 is 0 Å². The number of ether oxygens (including phenoxy) is 1. The smallest absolute Gasteiger partial charge is 0.137 e. The van der Waals surface area contributed by atoms with Gasteiger partial charge in [-0.1, -0.05) is 0 Å². The van der Waals surface area contributed by atoms with Gasteiger partial charge in [-0.2, -0.15) is 0 Å². The Labute approximate surface area is 84.1 Å². The third-order valence-electron chi connectivity index (χ3n) is 2.74. The van der Waals surface area contributed by atoms with Crippen molar-refractivity contribution in [3.63, 3.8) is 0 Å². The first-order valence-electron chi connectivity index (χ1n) is 5.14. The zero-order chi connectivity index (χ0) is 9.97. The zero-order valence-electron chi connectivity index (χ0n) is 8.52. The van der Waals surface area contributed by atoms with Gasteiger partial charge in [0, 0.05) is 19.4 Å². The molecule has 1 fully saturated rings. The van der Waals surface area contributed by atoms with E-state index in [2.05, 4.69) is 4.98 Å². The number of aromatic nitrogens is 2. The molecule has 0 radical (unpaired) electrons. The minimum atomic E-state index is 0.173. The summed E-state index contributed by atoms with van der Waals surface area (Å²) in [6.07, 6.45) is 7.41. The molecule has 0 aliphatic carbocycles. The van der Waals surface area contributed by atoms with E-state index >= 15 is 0 Å². The third-order valence-corrected chi connectivity index (χ3v) is 2.74. The summed E-state index contributed by atoms with van der Waals surface area (Å²) in [5, 5.41) is 0. The molecule has 2 atom stereocenters.